The normalized spacial score (nSPS) is 18.1. The molecule has 0 spiro atoms. The molecule has 0 saturated heterocycles. The summed E-state index contributed by atoms with van der Waals surface area (Å²) in [4.78, 5) is 0. The molecule has 1 aliphatic carbocycles. The first-order valence-electron chi connectivity index (χ1n) is 7.20. The van der Waals surface area contributed by atoms with Gasteiger partial charge in [-0.3, -0.25) is 0 Å². The van der Waals surface area contributed by atoms with Gasteiger partial charge in [0.05, 0.1) is 6.10 Å². The predicted molar refractivity (Wildman–Crippen MR) is 81.2 cm³/mol. The van der Waals surface area contributed by atoms with Gasteiger partial charge in [0.1, 0.15) is 0 Å². The van der Waals surface area contributed by atoms with Crippen LogP contribution in [0.25, 0.3) is 16.5 Å². The van der Waals surface area contributed by atoms with Crippen molar-refractivity contribution in [2.24, 2.45) is 0 Å². The van der Waals surface area contributed by atoms with E-state index in [0.717, 1.165) is 24.8 Å². The first-order valence-corrected chi connectivity index (χ1v) is 7.20. The van der Waals surface area contributed by atoms with Crippen LogP contribution in [0.2, 0.25) is 0 Å². The molecular formula is C18H17NO. The monoisotopic (exact) mass is 263 g/mol. The van der Waals surface area contributed by atoms with Gasteiger partial charge in [-0.1, -0.05) is 30.3 Å². The second-order valence-electron chi connectivity index (χ2n) is 5.53. The van der Waals surface area contributed by atoms with Gasteiger partial charge in [0, 0.05) is 23.1 Å². The van der Waals surface area contributed by atoms with Gasteiger partial charge in [0.15, 0.2) is 0 Å². The summed E-state index contributed by atoms with van der Waals surface area (Å²) in [5.74, 6) is 0. The van der Waals surface area contributed by atoms with E-state index < -0.39 is 0 Å². The van der Waals surface area contributed by atoms with Crippen molar-refractivity contribution in [3.05, 3.63) is 66.0 Å². The molecule has 1 heterocycles. The summed E-state index contributed by atoms with van der Waals surface area (Å²) in [6, 6.07) is 17.0. The predicted octanol–water partition coefficient (Wildman–Crippen LogP) is 4.00. The lowest BCUT2D eigenvalue weighted by molar-refractivity contribution is 0.156. The fourth-order valence-corrected chi connectivity index (χ4v) is 3.24. The van der Waals surface area contributed by atoms with Gasteiger partial charge in [0.25, 0.3) is 0 Å². The van der Waals surface area contributed by atoms with Crippen molar-refractivity contribution in [2.45, 2.75) is 25.4 Å². The van der Waals surface area contributed by atoms with Crippen LogP contribution in [0, 0.1) is 0 Å². The highest BCUT2D eigenvalue weighted by molar-refractivity contribution is 5.84. The number of aromatic nitrogens is 1. The van der Waals surface area contributed by atoms with Crippen molar-refractivity contribution in [3.8, 4) is 5.69 Å². The number of hydrogen-bond acceptors (Lipinski definition) is 1. The van der Waals surface area contributed by atoms with Crippen LogP contribution < -0.4 is 0 Å². The Hall–Kier alpha value is -2.06. The van der Waals surface area contributed by atoms with E-state index >= 15 is 0 Å². The second kappa shape index (κ2) is 4.50. The van der Waals surface area contributed by atoms with Crippen molar-refractivity contribution in [3.63, 3.8) is 0 Å². The third-order valence-corrected chi connectivity index (χ3v) is 4.29. The molecule has 0 fully saturated rings. The average Bonchev–Trinajstić information content (AvgIpc) is 2.92. The van der Waals surface area contributed by atoms with Gasteiger partial charge in [-0.25, -0.2) is 0 Å². The summed E-state index contributed by atoms with van der Waals surface area (Å²) in [5.41, 5.74) is 3.54. The van der Waals surface area contributed by atoms with Crippen LogP contribution in [0.15, 0.2) is 54.7 Å². The van der Waals surface area contributed by atoms with Crippen molar-refractivity contribution in [2.75, 3.05) is 0 Å². The van der Waals surface area contributed by atoms with E-state index in [4.69, 9.17) is 0 Å². The molecule has 4 rings (SSSR count). The Balaban J connectivity index is 1.87. The van der Waals surface area contributed by atoms with Crippen LogP contribution in [-0.2, 0) is 6.42 Å². The van der Waals surface area contributed by atoms with Crippen molar-refractivity contribution >= 4 is 10.8 Å². The molecule has 100 valence electrons. The molecule has 1 N–H and O–H groups in total. The van der Waals surface area contributed by atoms with Gasteiger partial charge in [-0.15, -0.1) is 0 Å². The summed E-state index contributed by atoms with van der Waals surface area (Å²) < 4.78 is 2.23. The molecule has 0 saturated carbocycles. The molecule has 0 bridgehead atoms. The van der Waals surface area contributed by atoms with E-state index in [9.17, 15) is 5.11 Å². The third-order valence-electron chi connectivity index (χ3n) is 4.29. The molecule has 1 aromatic heterocycles. The Morgan fingerprint density at radius 3 is 2.75 bits per heavy atom. The minimum absolute atomic E-state index is 0.291. The lowest BCUT2D eigenvalue weighted by atomic mass is 9.95. The summed E-state index contributed by atoms with van der Waals surface area (Å²) in [5, 5.41) is 12.6. The van der Waals surface area contributed by atoms with Crippen LogP contribution in [-0.4, -0.2) is 9.67 Å². The minimum Gasteiger partial charge on any atom is -0.388 e. The first-order chi connectivity index (χ1) is 9.83. The number of hydrogen-bond donors (Lipinski definition) is 1. The quantitative estimate of drug-likeness (QED) is 0.705. The molecule has 2 aromatic carbocycles. The highest BCUT2D eigenvalue weighted by Crippen LogP contribution is 2.32. The lowest BCUT2D eigenvalue weighted by Gasteiger charge is -2.20. The average molecular weight is 263 g/mol. The Kier molecular flexibility index (Phi) is 2.64. The van der Waals surface area contributed by atoms with E-state index in [2.05, 4.69) is 59.3 Å². The number of nitrogens with zero attached hydrogens (tertiary/aromatic N) is 1. The molecule has 0 amide bonds. The van der Waals surface area contributed by atoms with E-state index in [1.54, 1.807) is 0 Å². The molecule has 0 radical (unpaired) electrons. The highest BCUT2D eigenvalue weighted by atomic mass is 16.3. The molecular weight excluding hydrogens is 246 g/mol. The molecule has 2 nitrogen and oxygen atoms in total. The summed E-state index contributed by atoms with van der Waals surface area (Å²) in [6.07, 6.45) is 4.79. The maximum absolute atomic E-state index is 10.1. The molecule has 1 atom stereocenters. The van der Waals surface area contributed by atoms with E-state index in [1.807, 2.05) is 0 Å². The smallest absolute Gasteiger partial charge is 0.0807 e. The fourth-order valence-electron chi connectivity index (χ4n) is 3.24. The van der Waals surface area contributed by atoms with Crippen LogP contribution in [0.5, 0.6) is 0 Å². The standard InChI is InChI=1S/C18H17NO/c20-18-7-3-6-17-16(18)10-11-19(17)15-9-8-13-4-1-2-5-14(13)12-15/h1-2,4-5,8-12,18,20H,3,6-7H2. The van der Waals surface area contributed by atoms with Gasteiger partial charge in [-0.2, -0.15) is 0 Å². The number of aliphatic hydroxyl groups is 1. The van der Waals surface area contributed by atoms with Gasteiger partial charge < -0.3 is 9.67 Å². The maximum Gasteiger partial charge on any atom is 0.0807 e. The molecule has 3 aromatic rings. The number of rotatable bonds is 1. The van der Waals surface area contributed by atoms with Crippen LogP contribution in [0.3, 0.4) is 0 Å². The molecule has 1 unspecified atom stereocenters. The fraction of sp³-hybridized carbons (Fsp3) is 0.222. The molecule has 20 heavy (non-hydrogen) atoms. The molecule has 0 aliphatic heterocycles. The number of aliphatic hydroxyl groups excluding tert-OH is 1. The zero-order chi connectivity index (χ0) is 13.5. The van der Waals surface area contributed by atoms with E-state index in [-0.39, 0.29) is 6.10 Å². The van der Waals surface area contributed by atoms with E-state index in [1.165, 1.54) is 22.2 Å². The Bertz CT molecular complexity index is 772. The van der Waals surface area contributed by atoms with E-state index in [0.29, 0.717) is 0 Å². The van der Waals surface area contributed by atoms with Gasteiger partial charge in [-0.05, 0) is 48.2 Å². The Labute approximate surface area is 118 Å². The largest absolute Gasteiger partial charge is 0.388 e. The topological polar surface area (TPSA) is 25.2 Å². The van der Waals surface area contributed by atoms with Crippen LogP contribution in [0.1, 0.15) is 30.2 Å². The summed E-state index contributed by atoms with van der Waals surface area (Å²) >= 11 is 0. The number of fused-ring (bicyclic) bond motifs is 2. The maximum atomic E-state index is 10.1. The van der Waals surface area contributed by atoms with Crippen LogP contribution >= 0.6 is 0 Å². The third kappa shape index (κ3) is 1.76. The van der Waals surface area contributed by atoms with Crippen molar-refractivity contribution in [1.29, 1.82) is 0 Å². The van der Waals surface area contributed by atoms with Crippen LogP contribution in [0.4, 0.5) is 0 Å². The molecule has 1 aliphatic rings. The lowest BCUT2D eigenvalue weighted by Crippen LogP contribution is -2.10. The zero-order valence-electron chi connectivity index (χ0n) is 11.3. The molecule has 2 heteroatoms. The first kappa shape index (κ1) is 11.7. The van der Waals surface area contributed by atoms with Crippen molar-refractivity contribution in [1.82, 2.24) is 4.57 Å². The zero-order valence-corrected chi connectivity index (χ0v) is 11.3. The van der Waals surface area contributed by atoms with Gasteiger partial charge >= 0.3 is 0 Å². The SMILES string of the molecule is OC1CCCc2c1ccn2-c1ccc2ccccc2c1. The minimum atomic E-state index is -0.291. The Morgan fingerprint density at radius 2 is 1.85 bits per heavy atom. The van der Waals surface area contributed by atoms with Crippen molar-refractivity contribution < 1.29 is 5.11 Å². The number of benzene rings is 2. The van der Waals surface area contributed by atoms with Gasteiger partial charge in [0.2, 0.25) is 0 Å². The second-order valence-corrected chi connectivity index (χ2v) is 5.53. The summed E-state index contributed by atoms with van der Waals surface area (Å²) in [7, 11) is 0. The Morgan fingerprint density at radius 1 is 1.00 bits per heavy atom. The highest BCUT2D eigenvalue weighted by Gasteiger charge is 2.21. The summed E-state index contributed by atoms with van der Waals surface area (Å²) in [6.45, 7) is 0.